The predicted octanol–water partition coefficient (Wildman–Crippen LogP) is 4.98. The van der Waals surface area contributed by atoms with Crippen molar-refractivity contribution >= 4 is 27.5 Å². The van der Waals surface area contributed by atoms with Gasteiger partial charge in [0.2, 0.25) is 5.91 Å². The van der Waals surface area contributed by atoms with Crippen LogP contribution in [-0.4, -0.2) is 51.9 Å². The Bertz CT molecular complexity index is 1210. The zero-order chi connectivity index (χ0) is 27.7. The monoisotopic (exact) mass is 543 g/mol. The van der Waals surface area contributed by atoms with Crippen molar-refractivity contribution in [2.45, 2.75) is 70.7 Å². The Balaban J connectivity index is 1.95. The van der Waals surface area contributed by atoms with E-state index in [-0.39, 0.29) is 16.4 Å². The Morgan fingerprint density at radius 1 is 1.00 bits per heavy atom. The van der Waals surface area contributed by atoms with E-state index in [1.807, 2.05) is 0 Å². The molecule has 0 aromatic heterocycles. The van der Waals surface area contributed by atoms with Gasteiger partial charge in [-0.25, -0.2) is 13.1 Å². The van der Waals surface area contributed by atoms with Gasteiger partial charge in [0.15, 0.2) is 0 Å². The van der Waals surface area contributed by atoms with Gasteiger partial charge in [-0.1, -0.05) is 39.2 Å². The maximum atomic E-state index is 13.1. The van der Waals surface area contributed by atoms with E-state index in [1.165, 1.54) is 19.2 Å². The van der Waals surface area contributed by atoms with Crippen LogP contribution in [0.25, 0.3) is 0 Å². The number of carbonyl (C=O) groups excluding carboxylic acids is 2. The molecular formula is C29H41N3O5S. The summed E-state index contributed by atoms with van der Waals surface area (Å²) in [7, 11) is -2.65. The molecule has 38 heavy (non-hydrogen) atoms. The molecule has 0 fully saturated rings. The minimum Gasteiger partial charge on any atom is -0.497 e. The third-order valence-electron chi connectivity index (χ3n) is 6.86. The number of hydrogen-bond acceptors (Lipinski definition) is 6. The SMILES string of the molecule is COc1cccc(S(=O)(=O)NC(=O)c2ccc3c(c2)CN(CCC(C)C)CCCCCCCN3C(C)=O)c1. The number of benzene rings is 2. The number of nitrogens with zero attached hydrogens (tertiary/aromatic N) is 2. The van der Waals surface area contributed by atoms with E-state index < -0.39 is 15.9 Å². The van der Waals surface area contributed by atoms with Gasteiger partial charge in [-0.15, -0.1) is 0 Å². The zero-order valence-corrected chi connectivity index (χ0v) is 23.9. The summed E-state index contributed by atoms with van der Waals surface area (Å²) in [6.07, 6.45) is 6.42. The van der Waals surface area contributed by atoms with Crippen LogP contribution >= 0.6 is 0 Å². The van der Waals surface area contributed by atoms with Crippen LogP contribution in [0, 0.1) is 5.92 Å². The highest BCUT2D eigenvalue weighted by Crippen LogP contribution is 2.27. The van der Waals surface area contributed by atoms with Gasteiger partial charge in [0.05, 0.1) is 12.0 Å². The van der Waals surface area contributed by atoms with E-state index in [1.54, 1.807) is 42.2 Å². The van der Waals surface area contributed by atoms with Crippen LogP contribution in [0.15, 0.2) is 47.4 Å². The molecule has 0 unspecified atom stereocenters. The van der Waals surface area contributed by atoms with Crippen LogP contribution in [-0.2, 0) is 21.4 Å². The van der Waals surface area contributed by atoms with E-state index in [0.717, 1.165) is 62.9 Å². The molecule has 208 valence electrons. The lowest BCUT2D eigenvalue weighted by Gasteiger charge is -2.29. The summed E-state index contributed by atoms with van der Waals surface area (Å²) < 4.78 is 33.1. The van der Waals surface area contributed by atoms with Gasteiger partial charge in [-0.05, 0) is 74.2 Å². The third-order valence-corrected chi connectivity index (χ3v) is 8.19. The Labute approximate surface area is 227 Å². The van der Waals surface area contributed by atoms with E-state index in [9.17, 15) is 18.0 Å². The first-order chi connectivity index (χ1) is 18.1. The molecule has 3 rings (SSSR count). The molecule has 0 saturated heterocycles. The van der Waals surface area contributed by atoms with Crippen LogP contribution in [0.1, 0.15) is 75.2 Å². The molecule has 1 N–H and O–H groups in total. The Hall–Kier alpha value is -2.91. The number of anilines is 1. The molecule has 1 aliphatic heterocycles. The van der Waals surface area contributed by atoms with Crippen LogP contribution < -0.4 is 14.4 Å². The summed E-state index contributed by atoms with van der Waals surface area (Å²) in [6.45, 7) is 9.01. The molecule has 0 saturated carbocycles. The molecule has 8 nitrogen and oxygen atoms in total. The van der Waals surface area contributed by atoms with Gasteiger partial charge in [0.1, 0.15) is 5.75 Å². The lowest BCUT2D eigenvalue weighted by molar-refractivity contribution is -0.116. The number of ether oxygens (including phenoxy) is 1. The number of sulfonamides is 1. The van der Waals surface area contributed by atoms with Gasteiger partial charge >= 0.3 is 0 Å². The molecule has 9 heteroatoms. The van der Waals surface area contributed by atoms with Crippen LogP contribution in [0.5, 0.6) is 5.75 Å². The second-order valence-electron chi connectivity index (χ2n) is 10.4. The molecule has 0 atom stereocenters. The number of nitrogens with one attached hydrogen (secondary N) is 1. The van der Waals surface area contributed by atoms with Gasteiger partial charge in [-0.3, -0.25) is 14.5 Å². The van der Waals surface area contributed by atoms with E-state index >= 15 is 0 Å². The quantitative estimate of drug-likeness (QED) is 0.529. The summed E-state index contributed by atoms with van der Waals surface area (Å²) in [5.74, 6) is 0.175. The molecule has 2 amide bonds. The second kappa shape index (κ2) is 13.8. The van der Waals surface area contributed by atoms with Crippen LogP contribution in [0.3, 0.4) is 0 Å². The third kappa shape index (κ3) is 8.30. The topological polar surface area (TPSA) is 96.0 Å². The average molecular weight is 544 g/mol. The van der Waals surface area contributed by atoms with Crippen molar-refractivity contribution in [2.75, 3.05) is 31.6 Å². The van der Waals surface area contributed by atoms with Gasteiger partial charge in [-0.2, -0.15) is 0 Å². The van der Waals surface area contributed by atoms with Gasteiger partial charge in [0.25, 0.3) is 15.9 Å². The first-order valence-electron chi connectivity index (χ1n) is 13.5. The highest BCUT2D eigenvalue weighted by Gasteiger charge is 2.23. The first-order valence-corrected chi connectivity index (χ1v) is 14.9. The minimum absolute atomic E-state index is 0.0464. The normalized spacial score (nSPS) is 15.8. The molecule has 0 aliphatic carbocycles. The highest BCUT2D eigenvalue weighted by molar-refractivity contribution is 7.90. The summed E-state index contributed by atoms with van der Waals surface area (Å²) in [4.78, 5) is 29.9. The molecule has 1 aliphatic rings. The largest absolute Gasteiger partial charge is 0.497 e. The number of carbonyl (C=O) groups is 2. The Morgan fingerprint density at radius 3 is 2.39 bits per heavy atom. The summed E-state index contributed by atoms with van der Waals surface area (Å²) in [6, 6.07) is 11.1. The Morgan fingerprint density at radius 2 is 1.71 bits per heavy atom. The van der Waals surface area contributed by atoms with Crippen molar-refractivity contribution in [1.29, 1.82) is 0 Å². The molecule has 0 spiro atoms. The van der Waals surface area contributed by atoms with Crippen molar-refractivity contribution in [2.24, 2.45) is 5.92 Å². The van der Waals surface area contributed by atoms with Crippen molar-refractivity contribution in [3.63, 3.8) is 0 Å². The highest BCUT2D eigenvalue weighted by atomic mass is 32.2. The van der Waals surface area contributed by atoms with Gasteiger partial charge < -0.3 is 9.64 Å². The van der Waals surface area contributed by atoms with E-state index in [4.69, 9.17) is 4.74 Å². The van der Waals surface area contributed by atoms with Crippen molar-refractivity contribution in [3.8, 4) is 5.75 Å². The molecule has 2 aromatic carbocycles. The second-order valence-corrected chi connectivity index (χ2v) is 12.0. The standard InChI is InChI=1S/C29H41N3O5S/c1-22(2)15-18-31-16-8-6-5-7-9-17-32(23(3)33)28-14-13-24(19-25(28)21-31)29(34)30-38(35,36)27-12-10-11-26(20-27)37-4/h10-14,19-20,22H,5-9,15-18,21H2,1-4H3,(H,30,34). The van der Waals surface area contributed by atoms with Crippen LogP contribution in [0.4, 0.5) is 5.69 Å². The molecule has 2 aromatic rings. The number of rotatable bonds is 7. The smallest absolute Gasteiger partial charge is 0.265 e. The molecule has 1 heterocycles. The Kier molecular flexibility index (Phi) is 10.7. The molecule has 0 bridgehead atoms. The van der Waals surface area contributed by atoms with Crippen molar-refractivity contribution in [3.05, 3.63) is 53.6 Å². The van der Waals surface area contributed by atoms with Gasteiger partial charge in [0, 0.05) is 37.3 Å². The average Bonchev–Trinajstić information content (AvgIpc) is 2.87. The maximum absolute atomic E-state index is 13.1. The van der Waals surface area contributed by atoms with E-state index in [2.05, 4.69) is 23.5 Å². The van der Waals surface area contributed by atoms with Crippen LogP contribution in [0.2, 0.25) is 0 Å². The number of methoxy groups -OCH3 is 1. The molecule has 0 radical (unpaired) electrons. The summed E-state index contributed by atoms with van der Waals surface area (Å²) in [5.41, 5.74) is 1.85. The minimum atomic E-state index is -4.10. The predicted molar refractivity (Wildman–Crippen MR) is 150 cm³/mol. The maximum Gasteiger partial charge on any atom is 0.265 e. The van der Waals surface area contributed by atoms with Crippen molar-refractivity contribution < 1.29 is 22.7 Å². The number of fused-ring (bicyclic) bond motifs is 1. The fraction of sp³-hybridized carbons (Fsp3) is 0.517. The van der Waals surface area contributed by atoms with Crippen molar-refractivity contribution in [1.82, 2.24) is 9.62 Å². The zero-order valence-electron chi connectivity index (χ0n) is 23.0. The summed E-state index contributed by atoms with van der Waals surface area (Å²) >= 11 is 0. The fourth-order valence-corrected chi connectivity index (χ4v) is 5.67. The fourth-order valence-electron chi connectivity index (χ4n) is 4.66. The van der Waals surface area contributed by atoms with E-state index in [0.29, 0.717) is 24.8 Å². The number of hydrogen-bond donors (Lipinski definition) is 1. The molecular weight excluding hydrogens is 502 g/mol. The first kappa shape index (κ1) is 29.6. The lowest BCUT2D eigenvalue weighted by Crippen LogP contribution is -2.34. The lowest BCUT2D eigenvalue weighted by atomic mass is 10.0. The summed E-state index contributed by atoms with van der Waals surface area (Å²) in [5, 5.41) is 0. The number of amides is 2.